The number of rotatable bonds is 4. The minimum absolute atomic E-state index is 0.142. The summed E-state index contributed by atoms with van der Waals surface area (Å²) in [7, 11) is 0. The number of aromatic nitrogens is 2. The molecule has 21 heavy (non-hydrogen) atoms. The van der Waals surface area contributed by atoms with Crippen molar-refractivity contribution in [2.24, 2.45) is 0 Å². The molecule has 0 aliphatic rings. The fourth-order valence-electron chi connectivity index (χ4n) is 2.06. The molecule has 0 aliphatic carbocycles. The van der Waals surface area contributed by atoms with Crippen LogP contribution in [0.15, 0.2) is 55.0 Å². The number of nitrogens with zero attached hydrogens (tertiary/aromatic N) is 1. The first-order valence-corrected chi connectivity index (χ1v) is 6.87. The Morgan fingerprint density at radius 1 is 1.14 bits per heavy atom. The van der Waals surface area contributed by atoms with Crippen LogP contribution in [0.2, 0.25) is 5.02 Å². The summed E-state index contributed by atoms with van der Waals surface area (Å²) in [5.41, 5.74) is 3.47. The lowest BCUT2D eigenvalue weighted by atomic mass is 10.1. The first-order valence-electron chi connectivity index (χ1n) is 6.49. The fraction of sp³-hybridized carbons (Fsp3) is 0.0625. The molecule has 1 aromatic heterocycles. The summed E-state index contributed by atoms with van der Waals surface area (Å²) < 4.78 is 13.8. The van der Waals surface area contributed by atoms with E-state index in [-0.39, 0.29) is 10.8 Å². The minimum atomic E-state index is -0.374. The van der Waals surface area contributed by atoms with Gasteiger partial charge in [0.05, 0.1) is 23.2 Å². The Kier molecular flexibility index (Phi) is 3.88. The van der Waals surface area contributed by atoms with Crippen LogP contribution in [-0.2, 0) is 6.54 Å². The molecule has 3 rings (SSSR count). The van der Waals surface area contributed by atoms with Gasteiger partial charge in [-0.2, -0.15) is 0 Å². The third-order valence-electron chi connectivity index (χ3n) is 3.21. The Hall–Kier alpha value is -2.33. The molecule has 0 spiro atoms. The van der Waals surface area contributed by atoms with Crippen molar-refractivity contribution in [1.29, 1.82) is 0 Å². The maximum atomic E-state index is 13.8. The van der Waals surface area contributed by atoms with Crippen molar-refractivity contribution in [2.45, 2.75) is 6.54 Å². The summed E-state index contributed by atoms with van der Waals surface area (Å²) in [5, 5.41) is 3.32. The largest absolute Gasteiger partial charge is 0.381 e. The van der Waals surface area contributed by atoms with Gasteiger partial charge in [-0.15, -0.1) is 0 Å². The quantitative estimate of drug-likeness (QED) is 0.746. The van der Waals surface area contributed by atoms with Crippen molar-refractivity contribution in [3.63, 3.8) is 0 Å². The lowest BCUT2D eigenvalue weighted by Crippen LogP contribution is -2.01. The molecular weight excluding hydrogens is 289 g/mol. The lowest BCUT2D eigenvalue weighted by molar-refractivity contribution is 0.613. The Bertz CT molecular complexity index is 724. The molecule has 0 saturated carbocycles. The van der Waals surface area contributed by atoms with Crippen molar-refractivity contribution in [3.05, 3.63) is 71.4 Å². The zero-order valence-electron chi connectivity index (χ0n) is 11.1. The Labute approximate surface area is 126 Å². The van der Waals surface area contributed by atoms with Crippen LogP contribution >= 0.6 is 11.6 Å². The molecule has 5 heteroatoms. The van der Waals surface area contributed by atoms with E-state index in [1.807, 2.05) is 24.3 Å². The number of imidazole rings is 1. The van der Waals surface area contributed by atoms with Crippen molar-refractivity contribution in [3.8, 4) is 11.3 Å². The van der Waals surface area contributed by atoms with Gasteiger partial charge in [-0.1, -0.05) is 35.9 Å². The van der Waals surface area contributed by atoms with E-state index in [0.717, 1.165) is 16.9 Å². The van der Waals surface area contributed by atoms with Gasteiger partial charge >= 0.3 is 0 Å². The van der Waals surface area contributed by atoms with Gasteiger partial charge in [-0.05, 0) is 23.8 Å². The van der Waals surface area contributed by atoms with Gasteiger partial charge in [0.25, 0.3) is 0 Å². The van der Waals surface area contributed by atoms with Crippen LogP contribution in [0.4, 0.5) is 10.1 Å². The first-order chi connectivity index (χ1) is 10.2. The molecule has 0 bridgehead atoms. The van der Waals surface area contributed by atoms with Crippen molar-refractivity contribution >= 4 is 17.3 Å². The zero-order valence-corrected chi connectivity index (χ0v) is 11.9. The standard InChI is InChI=1S/C16H13ClFN3/c17-14-3-1-2-12(16(14)18)8-20-13-6-4-11(5-7-13)15-9-19-10-21-15/h1-7,9-10,20H,8H2,(H,19,21). The molecule has 1 heterocycles. The summed E-state index contributed by atoms with van der Waals surface area (Å²) in [6, 6.07) is 12.8. The Morgan fingerprint density at radius 3 is 2.67 bits per heavy atom. The van der Waals surface area contributed by atoms with Crippen LogP contribution < -0.4 is 5.32 Å². The van der Waals surface area contributed by atoms with E-state index >= 15 is 0 Å². The number of benzene rings is 2. The zero-order chi connectivity index (χ0) is 14.7. The summed E-state index contributed by atoms with van der Waals surface area (Å²) in [6.45, 7) is 0.385. The molecule has 0 amide bonds. The number of H-pyrrole nitrogens is 1. The minimum Gasteiger partial charge on any atom is -0.381 e. The van der Waals surface area contributed by atoms with E-state index in [9.17, 15) is 4.39 Å². The predicted octanol–water partition coefficient (Wildman–Crippen LogP) is 4.48. The molecule has 0 atom stereocenters. The van der Waals surface area contributed by atoms with Gasteiger partial charge < -0.3 is 10.3 Å². The van der Waals surface area contributed by atoms with E-state index in [0.29, 0.717) is 12.1 Å². The molecule has 3 aromatic rings. The fourth-order valence-corrected chi connectivity index (χ4v) is 2.26. The maximum Gasteiger partial charge on any atom is 0.146 e. The number of aromatic amines is 1. The molecule has 0 saturated heterocycles. The number of anilines is 1. The first kappa shape index (κ1) is 13.6. The van der Waals surface area contributed by atoms with Gasteiger partial charge in [-0.25, -0.2) is 9.37 Å². The number of hydrogen-bond acceptors (Lipinski definition) is 2. The molecule has 0 fully saturated rings. The highest BCUT2D eigenvalue weighted by molar-refractivity contribution is 6.30. The highest BCUT2D eigenvalue weighted by atomic mass is 35.5. The number of halogens is 2. The van der Waals surface area contributed by atoms with Crippen LogP contribution in [0.25, 0.3) is 11.3 Å². The summed E-state index contributed by atoms with van der Waals surface area (Å²) in [4.78, 5) is 7.04. The van der Waals surface area contributed by atoms with Crippen LogP contribution in [-0.4, -0.2) is 9.97 Å². The van der Waals surface area contributed by atoms with Crippen LogP contribution in [0.1, 0.15) is 5.56 Å². The Morgan fingerprint density at radius 2 is 1.95 bits per heavy atom. The Balaban J connectivity index is 1.70. The molecule has 0 unspecified atom stereocenters. The average Bonchev–Trinajstić information content (AvgIpc) is 3.04. The third-order valence-corrected chi connectivity index (χ3v) is 3.50. The van der Waals surface area contributed by atoms with Gasteiger partial charge in [-0.3, -0.25) is 0 Å². The van der Waals surface area contributed by atoms with Crippen molar-refractivity contribution < 1.29 is 4.39 Å². The monoisotopic (exact) mass is 301 g/mol. The normalized spacial score (nSPS) is 10.6. The highest BCUT2D eigenvalue weighted by Crippen LogP contribution is 2.21. The van der Waals surface area contributed by atoms with E-state index in [2.05, 4.69) is 15.3 Å². The van der Waals surface area contributed by atoms with E-state index in [1.54, 1.807) is 30.7 Å². The predicted molar refractivity (Wildman–Crippen MR) is 82.8 cm³/mol. The third kappa shape index (κ3) is 3.06. The van der Waals surface area contributed by atoms with E-state index < -0.39 is 0 Å². The molecule has 3 nitrogen and oxygen atoms in total. The summed E-state index contributed by atoms with van der Waals surface area (Å²) >= 11 is 5.76. The van der Waals surface area contributed by atoms with Gasteiger partial charge in [0.2, 0.25) is 0 Å². The molecule has 2 aromatic carbocycles. The molecule has 106 valence electrons. The number of hydrogen-bond donors (Lipinski definition) is 2. The maximum absolute atomic E-state index is 13.8. The molecule has 0 aliphatic heterocycles. The van der Waals surface area contributed by atoms with Gasteiger partial charge in [0.1, 0.15) is 5.82 Å². The molecular formula is C16H13ClFN3. The summed E-state index contributed by atoms with van der Waals surface area (Å²) in [5.74, 6) is -0.374. The number of nitrogens with one attached hydrogen (secondary N) is 2. The van der Waals surface area contributed by atoms with Gasteiger partial charge in [0, 0.05) is 17.8 Å². The van der Waals surface area contributed by atoms with E-state index in [1.165, 1.54) is 0 Å². The molecule has 0 radical (unpaired) electrons. The SMILES string of the molecule is Fc1c(Cl)cccc1CNc1ccc(-c2cnc[nH]2)cc1. The highest BCUT2D eigenvalue weighted by Gasteiger charge is 2.06. The van der Waals surface area contributed by atoms with Gasteiger partial charge in [0.15, 0.2) is 0 Å². The van der Waals surface area contributed by atoms with Crippen LogP contribution in [0, 0.1) is 5.82 Å². The van der Waals surface area contributed by atoms with E-state index in [4.69, 9.17) is 11.6 Å². The second kappa shape index (κ2) is 5.97. The second-order valence-corrected chi connectivity index (χ2v) is 5.02. The average molecular weight is 302 g/mol. The van der Waals surface area contributed by atoms with Crippen LogP contribution in [0.3, 0.4) is 0 Å². The molecule has 2 N–H and O–H groups in total. The van der Waals surface area contributed by atoms with Crippen molar-refractivity contribution in [2.75, 3.05) is 5.32 Å². The lowest BCUT2D eigenvalue weighted by Gasteiger charge is -2.08. The smallest absolute Gasteiger partial charge is 0.146 e. The van der Waals surface area contributed by atoms with Crippen LogP contribution in [0.5, 0.6) is 0 Å². The summed E-state index contributed by atoms with van der Waals surface area (Å²) in [6.07, 6.45) is 3.41. The second-order valence-electron chi connectivity index (χ2n) is 4.61. The topological polar surface area (TPSA) is 40.7 Å². The van der Waals surface area contributed by atoms with Crippen molar-refractivity contribution in [1.82, 2.24) is 9.97 Å².